The largest absolute Gasteiger partial charge is 0.462 e. The molecule has 0 aromatic carbocycles. The van der Waals surface area contributed by atoms with Crippen molar-refractivity contribution in [2.75, 3.05) is 13.2 Å². The molecular weight excluding hydrogens is 865 g/mol. The van der Waals surface area contributed by atoms with Gasteiger partial charge in [0.15, 0.2) is 6.10 Å². The van der Waals surface area contributed by atoms with Crippen molar-refractivity contribution in [1.82, 2.24) is 0 Å². The number of esters is 3. The van der Waals surface area contributed by atoms with Crippen LogP contribution in [0.3, 0.4) is 0 Å². The number of hydrogen-bond donors (Lipinski definition) is 0. The topological polar surface area (TPSA) is 78.9 Å². The molecule has 1 atom stereocenters. The van der Waals surface area contributed by atoms with Gasteiger partial charge in [-0.15, -0.1) is 0 Å². The maximum Gasteiger partial charge on any atom is 0.309 e. The van der Waals surface area contributed by atoms with Gasteiger partial charge in [0.1, 0.15) is 13.2 Å². The number of unbranched alkanes of at least 4 members (excludes halogenated alkanes) is 29. The molecule has 0 amide bonds. The van der Waals surface area contributed by atoms with Gasteiger partial charge in [-0.25, -0.2) is 0 Å². The van der Waals surface area contributed by atoms with Crippen molar-refractivity contribution in [1.29, 1.82) is 0 Å². The average molecular weight is 976 g/mol. The first-order valence-corrected chi connectivity index (χ1v) is 29.6. The monoisotopic (exact) mass is 975 g/mol. The Morgan fingerprint density at radius 3 is 0.986 bits per heavy atom. The number of hydrogen-bond acceptors (Lipinski definition) is 6. The Bertz CT molecular complexity index is 1350. The minimum absolute atomic E-state index is 0.110. The van der Waals surface area contributed by atoms with Gasteiger partial charge in [0.2, 0.25) is 0 Å². The summed E-state index contributed by atoms with van der Waals surface area (Å²) in [4.78, 5) is 38.1. The van der Waals surface area contributed by atoms with Crippen LogP contribution in [-0.2, 0) is 28.6 Å². The lowest BCUT2D eigenvalue weighted by Crippen LogP contribution is -2.30. The van der Waals surface area contributed by atoms with Crippen molar-refractivity contribution < 1.29 is 28.6 Å². The Balaban J connectivity index is 4.44. The first-order chi connectivity index (χ1) is 34.5. The van der Waals surface area contributed by atoms with Gasteiger partial charge in [-0.3, -0.25) is 14.4 Å². The molecule has 0 fully saturated rings. The maximum atomic E-state index is 12.9. The quantitative estimate of drug-likeness (QED) is 0.0261. The zero-order valence-corrected chi connectivity index (χ0v) is 46.0. The predicted molar refractivity (Wildman–Crippen MR) is 302 cm³/mol. The standard InChI is InChI=1S/C64H110O6/c1-4-7-10-13-16-19-22-25-28-30-31-32-33-34-37-39-42-45-48-51-54-57-63(66)69-60-61(59-68-62(65)56-53-50-47-44-41-38-35-27-24-21-18-15-12-9-6-3)70-64(67)58-55-52-49-46-43-40-36-29-26-23-20-17-14-11-8-5-2/h9,12,18,21,27,29-31,35-36,41,44,50,53,61H,4-8,10-11,13-17,19-20,22-26,28,32-34,37-40,42-43,45-49,51-52,54-60H2,1-3H3/b12-9-,21-18-,31-30-,35-27-,36-29-,44-41-,53-50-. The molecule has 0 N–H and O–H groups in total. The van der Waals surface area contributed by atoms with Gasteiger partial charge in [0, 0.05) is 12.8 Å². The van der Waals surface area contributed by atoms with Crippen molar-refractivity contribution in [2.24, 2.45) is 0 Å². The maximum absolute atomic E-state index is 12.9. The summed E-state index contributed by atoms with van der Waals surface area (Å²) in [5.74, 6) is -1.05. The van der Waals surface area contributed by atoms with E-state index in [1.165, 1.54) is 161 Å². The molecule has 6 nitrogen and oxygen atoms in total. The van der Waals surface area contributed by atoms with Crippen LogP contribution in [0.1, 0.15) is 284 Å². The van der Waals surface area contributed by atoms with Crippen LogP contribution in [0.2, 0.25) is 0 Å². The van der Waals surface area contributed by atoms with Gasteiger partial charge in [-0.05, 0) is 96.3 Å². The average Bonchev–Trinajstić information content (AvgIpc) is 3.36. The number of ether oxygens (including phenoxy) is 3. The Labute approximate surface area is 433 Å². The number of allylic oxidation sites excluding steroid dienone is 13. The van der Waals surface area contributed by atoms with E-state index in [0.29, 0.717) is 12.8 Å². The first kappa shape index (κ1) is 66.6. The normalized spacial score (nSPS) is 12.7. The Kier molecular flexibility index (Phi) is 55.3. The summed E-state index contributed by atoms with van der Waals surface area (Å²) < 4.78 is 16.8. The molecule has 0 aliphatic heterocycles. The van der Waals surface area contributed by atoms with Crippen LogP contribution in [0.15, 0.2) is 85.1 Å². The highest BCUT2D eigenvalue weighted by molar-refractivity contribution is 5.72. The molecule has 0 rings (SSSR count). The third kappa shape index (κ3) is 55.5. The molecule has 0 spiro atoms. The summed E-state index contributed by atoms with van der Waals surface area (Å²) in [6, 6.07) is 0. The molecule has 0 aromatic rings. The number of carbonyl (C=O) groups is 3. The molecule has 0 aliphatic rings. The van der Waals surface area contributed by atoms with Crippen LogP contribution in [0.4, 0.5) is 0 Å². The zero-order chi connectivity index (χ0) is 50.7. The molecule has 0 heterocycles. The summed E-state index contributed by atoms with van der Waals surface area (Å²) in [5.41, 5.74) is 0. The number of carbonyl (C=O) groups excluding carboxylic acids is 3. The van der Waals surface area contributed by atoms with Crippen molar-refractivity contribution in [3.63, 3.8) is 0 Å². The summed E-state index contributed by atoms with van der Waals surface area (Å²) in [5, 5.41) is 0. The van der Waals surface area contributed by atoms with E-state index in [9.17, 15) is 14.4 Å². The van der Waals surface area contributed by atoms with E-state index < -0.39 is 12.1 Å². The van der Waals surface area contributed by atoms with Gasteiger partial charge < -0.3 is 14.2 Å². The van der Waals surface area contributed by atoms with E-state index in [0.717, 1.165) is 83.5 Å². The summed E-state index contributed by atoms with van der Waals surface area (Å²) >= 11 is 0. The summed E-state index contributed by atoms with van der Waals surface area (Å²) in [7, 11) is 0. The van der Waals surface area contributed by atoms with Crippen molar-refractivity contribution in [3.8, 4) is 0 Å². The third-order valence-corrected chi connectivity index (χ3v) is 12.6. The van der Waals surface area contributed by atoms with E-state index >= 15 is 0 Å². The second kappa shape index (κ2) is 58.2. The lowest BCUT2D eigenvalue weighted by atomic mass is 10.1. The highest BCUT2D eigenvalue weighted by Crippen LogP contribution is 2.15. The van der Waals surface area contributed by atoms with Gasteiger partial charge in [0.05, 0.1) is 6.42 Å². The van der Waals surface area contributed by atoms with E-state index in [2.05, 4.69) is 93.7 Å². The van der Waals surface area contributed by atoms with E-state index in [4.69, 9.17) is 14.2 Å². The highest BCUT2D eigenvalue weighted by Gasteiger charge is 2.19. The fourth-order valence-electron chi connectivity index (χ4n) is 8.21. The smallest absolute Gasteiger partial charge is 0.309 e. The second-order valence-corrected chi connectivity index (χ2v) is 19.5. The molecular formula is C64H110O6. The molecule has 1 unspecified atom stereocenters. The molecule has 6 heteroatoms. The van der Waals surface area contributed by atoms with Crippen LogP contribution >= 0.6 is 0 Å². The summed E-state index contributed by atoms with van der Waals surface area (Å²) in [6.45, 7) is 6.45. The Hall–Kier alpha value is -3.41. The lowest BCUT2D eigenvalue weighted by Gasteiger charge is -2.18. The second-order valence-electron chi connectivity index (χ2n) is 19.5. The van der Waals surface area contributed by atoms with Crippen LogP contribution in [0.5, 0.6) is 0 Å². The molecule has 0 saturated carbocycles. The SMILES string of the molecule is CC/C=C\C/C=C\C/C=C\C/C=C\C/C=C\CC(=O)OCC(COC(=O)CCCCCCCCCCC/C=C\CCCCCCCCCC)OC(=O)CCCCCCC/C=C\CCCCCCCCC. The van der Waals surface area contributed by atoms with Crippen molar-refractivity contribution in [2.45, 2.75) is 290 Å². The summed E-state index contributed by atoms with van der Waals surface area (Å²) in [6.07, 6.45) is 76.1. The Morgan fingerprint density at radius 2 is 0.614 bits per heavy atom. The lowest BCUT2D eigenvalue weighted by molar-refractivity contribution is -0.166. The minimum Gasteiger partial charge on any atom is -0.462 e. The van der Waals surface area contributed by atoms with Crippen LogP contribution in [0.25, 0.3) is 0 Å². The van der Waals surface area contributed by atoms with Crippen LogP contribution < -0.4 is 0 Å². The molecule has 0 radical (unpaired) electrons. The van der Waals surface area contributed by atoms with Crippen molar-refractivity contribution in [3.05, 3.63) is 85.1 Å². The Morgan fingerprint density at radius 1 is 0.314 bits per heavy atom. The van der Waals surface area contributed by atoms with Crippen LogP contribution in [0, 0.1) is 0 Å². The molecule has 70 heavy (non-hydrogen) atoms. The fraction of sp³-hybridized carbons (Fsp3) is 0.734. The van der Waals surface area contributed by atoms with Gasteiger partial charge in [0.25, 0.3) is 0 Å². The molecule has 0 aromatic heterocycles. The highest BCUT2D eigenvalue weighted by atomic mass is 16.6. The van der Waals surface area contributed by atoms with Crippen LogP contribution in [-0.4, -0.2) is 37.2 Å². The molecule has 0 saturated heterocycles. The van der Waals surface area contributed by atoms with E-state index in [-0.39, 0.29) is 31.6 Å². The first-order valence-electron chi connectivity index (χ1n) is 29.6. The van der Waals surface area contributed by atoms with E-state index in [1.54, 1.807) is 6.08 Å². The fourth-order valence-corrected chi connectivity index (χ4v) is 8.21. The van der Waals surface area contributed by atoms with Gasteiger partial charge in [-0.2, -0.15) is 0 Å². The van der Waals surface area contributed by atoms with E-state index in [1.807, 2.05) is 6.08 Å². The molecule has 402 valence electrons. The van der Waals surface area contributed by atoms with Gasteiger partial charge in [-0.1, -0.05) is 254 Å². The zero-order valence-electron chi connectivity index (χ0n) is 46.0. The third-order valence-electron chi connectivity index (χ3n) is 12.6. The van der Waals surface area contributed by atoms with Gasteiger partial charge >= 0.3 is 17.9 Å². The molecule has 0 aliphatic carbocycles. The minimum atomic E-state index is -0.822. The number of rotatable bonds is 53. The van der Waals surface area contributed by atoms with Crippen molar-refractivity contribution >= 4 is 17.9 Å². The predicted octanol–water partition coefficient (Wildman–Crippen LogP) is 19.9. The molecule has 0 bridgehead atoms.